The highest BCUT2D eigenvalue weighted by molar-refractivity contribution is 9.10. The molecule has 0 radical (unpaired) electrons. The maximum atomic E-state index is 5.92. The summed E-state index contributed by atoms with van der Waals surface area (Å²) in [6.45, 7) is 5.49. The van der Waals surface area contributed by atoms with Crippen molar-refractivity contribution in [3.05, 3.63) is 87.6 Å². The largest absolute Gasteiger partial charge is 0.371 e. The van der Waals surface area contributed by atoms with E-state index < -0.39 is 0 Å². The Labute approximate surface area is 210 Å². The van der Waals surface area contributed by atoms with Gasteiger partial charge in [0, 0.05) is 39.4 Å². The standard InChI is InChI=1S/C26H23Br2N3S/c1-2-14-29-25(32)24-23(18-8-12-20(28)13-9-18)21-5-3-4-15-30-22(16-31(24)26(21)30)17-6-10-19(27)11-7-17/h2,6-13,16H,1,3-5,14-15H2,(H,29,32). The second kappa shape index (κ2) is 9.00. The van der Waals surface area contributed by atoms with E-state index in [1.54, 1.807) is 0 Å². The van der Waals surface area contributed by atoms with Crippen LogP contribution in [0.2, 0.25) is 0 Å². The van der Waals surface area contributed by atoms with Gasteiger partial charge < -0.3 is 9.88 Å². The van der Waals surface area contributed by atoms with E-state index in [9.17, 15) is 0 Å². The lowest BCUT2D eigenvalue weighted by atomic mass is 9.98. The first-order chi connectivity index (χ1) is 15.6. The minimum atomic E-state index is 0.640. The van der Waals surface area contributed by atoms with Gasteiger partial charge in [0.05, 0.1) is 11.4 Å². The number of halogens is 2. The number of hydrogen-bond acceptors (Lipinski definition) is 1. The minimum absolute atomic E-state index is 0.640. The van der Waals surface area contributed by atoms with E-state index in [0.717, 1.165) is 45.4 Å². The Bertz CT molecular complexity index is 1310. The van der Waals surface area contributed by atoms with E-state index >= 15 is 0 Å². The van der Waals surface area contributed by atoms with Gasteiger partial charge in [-0.3, -0.25) is 4.40 Å². The third-order valence-electron chi connectivity index (χ3n) is 6.03. The van der Waals surface area contributed by atoms with E-state index in [-0.39, 0.29) is 0 Å². The molecule has 0 atom stereocenters. The summed E-state index contributed by atoms with van der Waals surface area (Å²) in [5.41, 5.74) is 8.59. The van der Waals surface area contributed by atoms with E-state index in [0.29, 0.717) is 6.54 Å². The number of imidazole rings is 1. The van der Waals surface area contributed by atoms with Crippen LogP contribution in [0.4, 0.5) is 0 Å². The first-order valence-electron chi connectivity index (χ1n) is 10.8. The van der Waals surface area contributed by atoms with Gasteiger partial charge in [-0.15, -0.1) is 6.58 Å². The predicted molar refractivity (Wildman–Crippen MR) is 144 cm³/mol. The van der Waals surface area contributed by atoms with Crippen LogP contribution in [0.3, 0.4) is 0 Å². The molecule has 1 aliphatic heterocycles. The minimum Gasteiger partial charge on any atom is -0.371 e. The summed E-state index contributed by atoms with van der Waals surface area (Å²) in [5.74, 6) is 0. The second-order valence-corrected chi connectivity index (χ2v) is 10.3. The quantitative estimate of drug-likeness (QED) is 0.200. The van der Waals surface area contributed by atoms with E-state index in [2.05, 4.69) is 107 Å². The Kier molecular flexibility index (Phi) is 6.10. The first-order valence-corrected chi connectivity index (χ1v) is 12.8. The highest BCUT2D eigenvalue weighted by Crippen LogP contribution is 2.40. The van der Waals surface area contributed by atoms with Crippen LogP contribution in [0.25, 0.3) is 28.0 Å². The number of thiocarbonyl (C=S) groups is 1. The van der Waals surface area contributed by atoms with Gasteiger partial charge in [0.15, 0.2) is 0 Å². The van der Waals surface area contributed by atoms with Gasteiger partial charge in [0.2, 0.25) is 0 Å². The number of rotatable bonds is 5. The Morgan fingerprint density at radius 3 is 2.31 bits per heavy atom. The summed E-state index contributed by atoms with van der Waals surface area (Å²) in [4.78, 5) is 0.754. The van der Waals surface area contributed by atoms with Crippen molar-refractivity contribution in [2.24, 2.45) is 0 Å². The van der Waals surface area contributed by atoms with Crippen LogP contribution in [-0.4, -0.2) is 20.5 Å². The molecule has 0 aliphatic carbocycles. The Morgan fingerprint density at radius 2 is 1.66 bits per heavy atom. The molecule has 3 heterocycles. The molecule has 3 nitrogen and oxygen atoms in total. The van der Waals surface area contributed by atoms with Crippen LogP contribution in [-0.2, 0) is 13.0 Å². The number of benzene rings is 2. The first kappa shape index (κ1) is 21.7. The molecule has 2 aromatic heterocycles. The summed E-state index contributed by atoms with van der Waals surface area (Å²) in [6, 6.07) is 17.1. The fraction of sp³-hybridized carbons (Fsp3) is 0.192. The van der Waals surface area contributed by atoms with Crippen molar-refractivity contribution in [2.75, 3.05) is 6.54 Å². The predicted octanol–water partition coefficient (Wildman–Crippen LogP) is 7.39. The molecule has 2 aromatic carbocycles. The molecular weight excluding hydrogens is 546 g/mol. The number of aromatic nitrogens is 2. The molecule has 0 spiro atoms. The van der Waals surface area contributed by atoms with Gasteiger partial charge in [-0.1, -0.05) is 74.4 Å². The molecule has 0 saturated carbocycles. The molecule has 6 heteroatoms. The molecule has 0 saturated heterocycles. The molecule has 162 valence electrons. The average molecular weight is 569 g/mol. The summed E-state index contributed by atoms with van der Waals surface area (Å²) < 4.78 is 6.96. The molecule has 0 fully saturated rings. The number of hydrogen-bond donors (Lipinski definition) is 1. The van der Waals surface area contributed by atoms with Crippen molar-refractivity contribution in [3.63, 3.8) is 0 Å². The monoisotopic (exact) mass is 567 g/mol. The summed E-state index contributed by atoms with van der Waals surface area (Å²) in [5, 5.41) is 3.38. The Hall–Kier alpha value is -2.15. The molecule has 0 amide bonds. The lowest BCUT2D eigenvalue weighted by Crippen LogP contribution is -2.24. The second-order valence-electron chi connectivity index (χ2n) is 8.03. The molecule has 0 bridgehead atoms. The van der Waals surface area contributed by atoms with Crippen LogP contribution in [0.5, 0.6) is 0 Å². The number of aryl methyl sites for hydroxylation is 2. The highest BCUT2D eigenvalue weighted by Gasteiger charge is 2.28. The Balaban J connectivity index is 1.81. The van der Waals surface area contributed by atoms with Gasteiger partial charge in [-0.05, 0) is 54.7 Å². The maximum absolute atomic E-state index is 5.92. The van der Waals surface area contributed by atoms with Crippen molar-refractivity contribution in [3.8, 4) is 22.4 Å². The van der Waals surface area contributed by atoms with Crippen LogP contribution >= 0.6 is 44.1 Å². The fourth-order valence-corrected chi connectivity index (χ4v) is 5.45. The number of nitrogens with zero attached hydrogens (tertiary/aromatic N) is 2. The third kappa shape index (κ3) is 3.78. The maximum Gasteiger partial charge on any atom is 0.124 e. The topological polar surface area (TPSA) is 21.4 Å². The SMILES string of the molecule is C=CCNC(=S)c1c(-c2ccc(Br)cc2)c2c3n(c(-c4ccc(Br)cc4)cn13)CCCC2. The van der Waals surface area contributed by atoms with E-state index in [4.69, 9.17) is 12.2 Å². The lowest BCUT2D eigenvalue weighted by Gasteiger charge is -2.11. The van der Waals surface area contributed by atoms with Gasteiger partial charge in [-0.2, -0.15) is 0 Å². The molecular formula is C26H23Br2N3S. The van der Waals surface area contributed by atoms with Crippen LogP contribution in [0.1, 0.15) is 24.1 Å². The van der Waals surface area contributed by atoms with Gasteiger partial charge in [0.25, 0.3) is 0 Å². The lowest BCUT2D eigenvalue weighted by molar-refractivity contribution is 0.647. The molecule has 1 N–H and O–H groups in total. The van der Waals surface area contributed by atoms with Crippen LogP contribution in [0, 0.1) is 0 Å². The van der Waals surface area contributed by atoms with Gasteiger partial charge in [-0.25, -0.2) is 0 Å². The molecule has 4 aromatic rings. The normalized spacial score (nSPS) is 13.2. The van der Waals surface area contributed by atoms with Crippen LogP contribution < -0.4 is 5.32 Å². The van der Waals surface area contributed by atoms with Crippen LogP contribution in [0.15, 0.2) is 76.3 Å². The molecule has 0 unspecified atom stereocenters. The summed E-state index contributed by atoms with van der Waals surface area (Å²) >= 11 is 13.1. The number of nitrogens with one attached hydrogen (secondary N) is 1. The zero-order valence-corrected chi connectivity index (χ0v) is 21.6. The van der Waals surface area contributed by atoms with Crippen molar-refractivity contribution in [2.45, 2.75) is 25.8 Å². The average Bonchev–Trinajstić information content (AvgIpc) is 3.21. The molecule has 1 aliphatic rings. The van der Waals surface area contributed by atoms with Gasteiger partial charge in [0.1, 0.15) is 10.6 Å². The fourth-order valence-electron chi connectivity index (χ4n) is 4.64. The van der Waals surface area contributed by atoms with Crippen molar-refractivity contribution in [1.29, 1.82) is 0 Å². The summed E-state index contributed by atoms with van der Waals surface area (Å²) in [6.07, 6.45) is 7.47. The summed E-state index contributed by atoms with van der Waals surface area (Å²) in [7, 11) is 0. The third-order valence-corrected chi connectivity index (χ3v) is 7.42. The Morgan fingerprint density at radius 1 is 1.00 bits per heavy atom. The van der Waals surface area contributed by atoms with Crippen molar-refractivity contribution >= 4 is 54.7 Å². The van der Waals surface area contributed by atoms with E-state index in [1.165, 1.54) is 33.6 Å². The smallest absolute Gasteiger partial charge is 0.124 e. The van der Waals surface area contributed by atoms with Crippen molar-refractivity contribution < 1.29 is 0 Å². The van der Waals surface area contributed by atoms with Crippen molar-refractivity contribution in [1.82, 2.24) is 14.3 Å². The zero-order chi connectivity index (χ0) is 22.2. The van der Waals surface area contributed by atoms with Gasteiger partial charge >= 0.3 is 0 Å². The van der Waals surface area contributed by atoms with E-state index in [1.807, 2.05) is 6.08 Å². The molecule has 5 rings (SSSR count). The highest BCUT2D eigenvalue weighted by atomic mass is 79.9. The molecule has 32 heavy (non-hydrogen) atoms. The zero-order valence-electron chi connectivity index (χ0n) is 17.6.